The van der Waals surface area contributed by atoms with Gasteiger partial charge in [-0.25, -0.2) is 4.79 Å². The summed E-state index contributed by atoms with van der Waals surface area (Å²) < 4.78 is 11.7. The highest BCUT2D eigenvalue weighted by molar-refractivity contribution is 5.89. The zero-order valence-electron chi connectivity index (χ0n) is 16.0. The lowest BCUT2D eigenvalue weighted by atomic mass is 9.80. The van der Waals surface area contributed by atoms with Crippen LogP contribution in [0.3, 0.4) is 0 Å². The van der Waals surface area contributed by atoms with E-state index in [0.29, 0.717) is 50.5 Å². The van der Waals surface area contributed by atoms with E-state index in [1.54, 1.807) is 13.8 Å². The summed E-state index contributed by atoms with van der Waals surface area (Å²) in [5.41, 5.74) is -2.55. The van der Waals surface area contributed by atoms with Crippen LogP contribution in [-0.2, 0) is 14.3 Å². The number of hydrogen-bond donors (Lipinski definition) is 3. The van der Waals surface area contributed by atoms with Crippen molar-refractivity contribution < 1.29 is 29.6 Å². The van der Waals surface area contributed by atoms with Crippen LogP contribution in [-0.4, -0.2) is 56.4 Å². The molecule has 3 saturated heterocycles. The minimum atomic E-state index is -1.12. The van der Waals surface area contributed by atoms with Gasteiger partial charge in [0.05, 0.1) is 29.5 Å². The second kappa shape index (κ2) is 6.59. The van der Waals surface area contributed by atoms with Crippen molar-refractivity contribution in [3.8, 4) is 0 Å². The van der Waals surface area contributed by atoms with E-state index in [1.165, 1.54) is 0 Å². The second-order valence-electron chi connectivity index (χ2n) is 9.08. The Morgan fingerprint density at radius 3 is 2.35 bits per heavy atom. The van der Waals surface area contributed by atoms with Crippen LogP contribution in [0, 0.1) is 5.92 Å². The summed E-state index contributed by atoms with van der Waals surface area (Å²) in [5.74, 6) is -0.729. The number of aliphatic hydroxyl groups is 3. The molecule has 6 nitrogen and oxygen atoms in total. The van der Waals surface area contributed by atoms with Crippen molar-refractivity contribution >= 4 is 5.97 Å². The molecule has 6 heteroatoms. The van der Waals surface area contributed by atoms with Crippen molar-refractivity contribution in [3.05, 3.63) is 12.2 Å². The van der Waals surface area contributed by atoms with Crippen LogP contribution < -0.4 is 0 Å². The number of carbonyl (C=O) groups excluding carboxylic acids is 1. The molecular weight excluding hydrogens is 336 g/mol. The van der Waals surface area contributed by atoms with Gasteiger partial charge in [-0.05, 0) is 71.6 Å². The van der Waals surface area contributed by atoms with Gasteiger partial charge in [0, 0.05) is 5.57 Å². The third kappa shape index (κ3) is 3.44. The second-order valence-corrected chi connectivity index (χ2v) is 9.08. The third-order valence-electron chi connectivity index (χ3n) is 6.92. The zero-order chi connectivity index (χ0) is 19.3. The van der Waals surface area contributed by atoms with Gasteiger partial charge < -0.3 is 24.8 Å². The maximum absolute atomic E-state index is 12.5. The smallest absolute Gasteiger partial charge is 0.334 e. The van der Waals surface area contributed by atoms with Crippen LogP contribution in [0.1, 0.15) is 65.7 Å². The van der Waals surface area contributed by atoms with Gasteiger partial charge in [0.25, 0.3) is 0 Å². The number of esters is 1. The first-order valence-corrected chi connectivity index (χ1v) is 9.65. The fourth-order valence-electron chi connectivity index (χ4n) is 4.58. The molecule has 3 heterocycles. The molecule has 0 saturated carbocycles. The van der Waals surface area contributed by atoms with Crippen LogP contribution in [0.5, 0.6) is 0 Å². The summed E-state index contributed by atoms with van der Waals surface area (Å²) in [5, 5.41) is 32.5. The molecule has 148 valence electrons. The molecular formula is C20H32O6. The van der Waals surface area contributed by atoms with Gasteiger partial charge >= 0.3 is 5.97 Å². The highest BCUT2D eigenvalue weighted by Gasteiger charge is 2.50. The zero-order valence-corrected chi connectivity index (χ0v) is 16.0. The lowest BCUT2D eigenvalue weighted by molar-refractivity contribution is -0.174. The van der Waals surface area contributed by atoms with Crippen LogP contribution >= 0.6 is 0 Å². The van der Waals surface area contributed by atoms with Gasteiger partial charge in [-0.1, -0.05) is 6.58 Å². The monoisotopic (exact) mass is 368 g/mol. The first kappa shape index (κ1) is 19.8. The summed E-state index contributed by atoms with van der Waals surface area (Å²) in [7, 11) is 0. The summed E-state index contributed by atoms with van der Waals surface area (Å²) >= 11 is 0. The first-order valence-electron chi connectivity index (χ1n) is 9.65. The number of rotatable bonds is 0. The molecule has 0 aromatic heterocycles. The molecule has 4 bridgehead atoms. The largest absolute Gasteiger partial charge is 0.453 e. The predicted molar refractivity (Wildman–Crippen MR) is 95.4 cm³/mol. The summed E-state index contributed by atoms with van der Waals surface area (Å²) in [6, 6.07) is 0. The fraction of sp³-hybridized carbons (Fsp3) is 0.850. The quantitative estimate of drug-likeness (QED) is 0.446. The average Bonchev–Trinajstić information content (AvgIpc) is 2.95. The van der Waals surface area contributed by atoms with Crippen molar-refractivity contribution in [2.24, 2.45) is 5.92 Å². The van der Waals surface area contributed by atoms with Gasteiger partial charge in [-0.3, -0.25) is 0 Å². The predicted octanol–water partition coefficient (Wildman–Crippen LogP) is 1.85. The fourth-order valence-corrected chi connectivity index (χ4v) is 4.58. The molecule has 3 aliphatic rings. The van der Waals surface area contributed by atoms with E-state index < -0.39 is 41.1 Å². The number of fused-ring (bicyclic) bond motifs is 5. The van der Waals surface area contributed by atoms with Gasteiger partial charge in [-0.15, -0.1) is 0 Å². The van der Waals surface area contributed by atoms with E-state index in [1.807, 2.05) is 6.92 Å². The summed E-state index contributed by atoms with van der Waals surface area (Å²) in [6.45, 7) is 9.21. The standard InChI is InChI=1S/C20H32O6/c1-12-13-5-9-19(3,26-17(12)23)14(21)6-8-18(2,24)16-7-10-20(4,25-16)15(22)11-13/h13-16,21-22,24H,1,5-11H2,2-4H3/t13-,14+,15+,16+,18+,19-,20-/m1/s1. The highest BCUT2D eigenvalue weighted by Crippen LogP contribution is 2.44. The van der Waals surface area contributed by atoms with Crippen molar-refractivity contribution in [1.29, 1.82) is 0 Å². The minimum Gasteiger partial charge on any atom is -0.453 e. The molecule has 3 fully saturated rings. The first-order chi connectivity index (χ1) is 12.0. The topological polar surface area (TPSA) is 96.2 Å². The molecule has 0 amide bonds. The van der Waals surface area contributed by atoms with E-state index in [-0.39, 0.29) is 5.92 Å². The molecule has 3 rings (SSSR count). The summed E-state index contributed by atoms with van der Waals surface area (Å²) in [4.78, 5) is 12.5. The molecule has 0 aromatic carbocycles. The molecule has 0 aromatic rings. The van der Waals surface area contributed by atoms with Crippen LogP contribution in [0.4, 0.5) is 0 Å². The van der Waals surface area contributed by atoms with Crippen LogP contribution in [0.15, 0.2) is 12.2 Å². The Bertz CT molecular complexity index is 587. The van der Waals surface area contributed by atoms with E-state index in [0.717, 1.165) is 0 Å². The average molecular weight is 368 g/mol. The number of ether oxygens (including phenoxy) is 2. The Morgan fingerprint density at radius 2 is 1.65 bits per heavy atom. The SMILES string of the molecule is C=C1C(=O)O[C@]2(C)CC[C@@H]1C[C@H](O)[C@@]1(C)CC[C@H](O1)[C@@](C)(O)CC[C@@H]2O. The number of carbonyl (C=O) groups is 1. The third-order valence-corrected chi connectivity index (χ3v) is 6.92. The molecule has 3 N–H and O–H groups in total. The van der Waals surface area contributed by atoms with Gasteiger partial charge in [0.2, 0.25) is 0 Å². The Morgan fingerprint density at radius 1 is 1.00 bits per heavy atom. The molecule has 3 aliphatic heterocycles. The van der Waals surface area contributed by atoms with Crippen molar-refractivity contribution in [2.45, 2.75) is 101 Å². The van der Waals surface area contributed by atoms with Crippen molar-refractivity contribution in [2.75, 3.05) is 0 Å². The lowest BCUT2D eigenvalue weighted by Gasteiger charge is -2.37. The lowest BCUT2D eigenvalue weighted by Crippen LogP contribution is -2.47. The molecule has 0 unspecified atom stereocenters. The molecule has 0 aliphatic carbocycles. The summed E-state index contributed by atoms with van der Waals surface area (Å²) in [6.07, 6.45) is 1.30. The van der Waals surface area contributed by atoms with Gasteiger partial charge in [0.15, 0.2) is 0 Å². The normalized spacial score (nSPS) is 50.4. The van der Waals surface area contributed by atoms with Crippen molar-refractivity contribution in [3.63, 3.8) is 0 Å². The van der Waals surface area contributed by atoms with E-state index >= 15 is 0 Å². The van der Waals surface area contributed by atoms with Gasteiger partial charge in [-0.2, -0.15) is 0 Å². The molecule has 0 radical (unpaired) electrons. The van der Waals surface area contributed by atoms with E-state index in [4.69, 9.17) is 9.47 Å². The Hall–Kier alpha value is -0.950. The van der Waals surface area contributed by atoms with Crippen molar-refractivity contribution in [1.82, 2.24) is 0 Å². The minimum absolute atomic E-state index is 0.215. The number of aliphatic hydroxyl groups excluding tert-OH is 2. The highest BCUT2D eigenvalue weighted by atomic mass is 16.6. The Balaban J connectivity index is 1.95. The van der Waals surface area contributed by atoms with Gasteiger partial charge in [0.1, 0.15) is 5.60 Å². The maximum Gasteiger partial charge on any atom is 0.334 e. The number of hydrogen-bond acceptors (Lipinski definition) is 6. The Kier molecular flexibility index (Phi) is 5.02. The van der Waals surface area contributed by atoms with E-state index in [2.05, 4.69) is 6.58 Å². The molecule has 0 spiro atoms. The molecule has 7 atom stereocenters. The van der Waals surface area contributed by atoms with E-state index in [9.17, 15) is 20.1 Å². The van der Waals surface area contributed by atoms with Crippen LogP contribution in [0.25, 0.3) is 0 Å². The maximum atomic E-state index is 12.5. The molecule has 26 heavy (non-hydrogen) atoms. The van der Waals surface area contributed by atoms with Crippen LogP contribution in [0.2, 0.25) is 0 Å². The Labute approximate surface area is 155 Å².